The summed E-state index contributed by atoms with van der Waals surface area (Å²) in [6.07, 6.45) is 1.64. The minimum Gasteiger partial charge on any atom is -0.467 e. The summed E-state index contributed by atoms with van der Waals surface area (Å²) in [6.45, 7) is 2.52. The number of halogens is 2. The summed E-state index contributed by atoms with van der Waals surface area (Å²) in [5, 5.41) is 9.81. The van der Waals surface area contributed by atoms with Gasteiger partial charge in [0.05, 0.1) is 12.8 Å². The normalized spacial score (nSPS) is 11.1. The lowest BCUT2D eigenvalue weighted by molar-refractivity contribution is 0.485. The summed E-state index contributed by atoms with van der Waals surface area (Å²) in [6, 6.07) is 16.5. The number of hydrogen-bond donors (Lipinski definition) is 0. The van der Waals surface area contributed by atoms with E-state index in [9.17, 15) is 4.39 Å². The van der Waals surface area contributed by atoms with E-state index in [1.165, 1.54) is 17.8 Å². The maximum atomic E-state index is 14.1. The number of aromatic nitrogens is 3. The molecule has 2 aromatic carbocycles. The van der Waals surface area contributed by atoms with E-state index in [1.807, 2.05) is 41.8 Å². The van der Waals surface area contributed by atoms with Crippen LogP contribution in [-0.2, 0) is 12.3 Å². The Morgan fingerprint density at radius 1 is 1.11 bits per heavy atom. The van der Waals surface area contributed by atoms with Gasteiger partial charge in [0.2, 0.25) is 0 Å². The van der Waals surface area contributed by atoms with E-state index in [1.54, 1.807) is 18.4 Å². The Morgan fingerprint density at radius 2 is 1.96 bits per heavy atom. The number of rotatable bonds is 6. The van der Waals surface area contributed by atoms with Crippen molar-refractivity contribution >= 4 is 23.4 Å². The minimum atomic E-state index is -0.323. The summed E-state index contributed by atoms with van der Waals surface area (Å²) in [4.78, 5) is 0. The van der Waals surface area contributed by atoms with Crippen LogP contribution in [0.15, 0.2) is 70.4 Å². The fraction of sp³-hybridized carbons (Fsp3) is 0.143. The van der Waals surface area contributed by atoms with E-state index in [0.29, 0.717) is 28.0 Å². The predicted molar refractivity (Wildman–Crippen MR) is 109 cm³/mol. The van der Waals surface area contributed by atoms with Crippen molar-refractivity contribution in [2.45, 2.75) is 24.4 Å². The molecule has 0 unspecified atom stereocenters. The third kappa shape index (κ3) is 3.98. The Hall–Kier alpha value is -2.57. The van der Waals surface area contributed by atoms with Gasteiger partial charge < -0.3 is 4.42 Å². The second kappa shape index (κ2) is 8.20. The molecule has 4 rings (SSSR count). The van der Waals surface area contributed by atoms with Gasteiger partial charge in [-0.2, -0.15) is 0 Å². The molecule has 4 aromatic rings. The van der Waals surface area contributed by atoms with Crippen molar-refractivity contribution in [3.05, 3.63) is 88.6 Å². The molecule has 28 heavy (non-hydrogen) atoms. The van der Waals surface area contributed by atoms with Crippen LogP contribution in [0.25, 0.3) is 11.4 Å². The molecule has 0 atom stereocenters. The Labute approximate surface area is 171 Å². The molecular weight excluding hydrogens is 397 g/mol. The summed E-state index contributed by atoms with van der Waals surface area (Å²) >= 11 is 7.55. The number of benzene rings is 2. The molecule has 4 nitrogen and oxygen atoms in total. The maximum absolute atomic E-state index is 14.1. The van der Waals surface area contributed by atoms with Gasteiger partial charge >= 0.3 is 0 Å². The van der Waals surface area contributed by atoms with Gasteiger partial charge in [-0.1, -0.05) is 53.2 Å². The lowest BCUT2D eigenvalue weighted by Crippen LogP contribution is -2.04. The predicted octanol–water partition coefficient (Wildman–Crippen LogP) is 5.98. The van der Waals surface area contributed by atoms with Crippen LogP contribution in [0.3, 0.4) is 0 Å². The number of aryl methyl sites for hydroxylation is 1. The van der Waals surface area contributed by atoms with Crippen molar-refractivity contribution in [3.8, 4) is 11.4 Å². The Morgan fingerprint density at radius 3 is 2.71 bits per heavy atom. The van der Waals surface area contributed by atoms with Crippen molar-refractivity contribution in [1.82, 2.24) is 14.8 Å². The van der Waals surface area contributed by atoms with Crippen molar-refractivity contribution in [2.24, 2.45) is 0 Å². The molecule has 0 spiro atoms. The van der Waals surface area contributed by atoms with E-state index < -0.39 is 0 Å². The van der Waals surface area contributed by atoms with Crippen molar-refractivity contribution in [2.75, 3.05) is 0 Å². The first-order chi connectivity index (χ1) is 13.6. The van der Waals surface area contributed by atoms with E-state index in [0.717, 1.165) is 22.7 Å². The minimum absolute atomic E-state index is 0.323. The molecule has 2 heterocycles. The molecule has 0 fully saturated rings. The van der Waals surface area contributed by atoms with Crippen LogP contribution in [0.4, 0.5) is 4.39 Å². The van der Waals surface area contributed by atoms with Gasteiger partial charge in [-0.05, 0) is 37.3 Å². The molecule has 0 aliphatic heterocycles. The maximum Gasteiger partial charge on any atom is 0.192 e. The van der Waals surface area contributed by atoms with Gasteiger partial charge in [0, 0.05) is 21.9 Å². The van der Waals surface area contributed by atoms with Crippen LogP contribution in [-0.4, -0.2) is 14.8 Å². The second-order valence-corrected chi connectivity index (χ2v) is 7.68. The molecule has 0 amide bonds. The van der Waals surface area contributed by atoms with E-state index in [4.69, 9.17) is 16.0 Å². The highest BCUT2D eigenvalue weighted by atomic mass is 35.5. The van der Waals surface area contributed by atoms with Gasteiger partial charge in [-0.3, -0.25) is 4.57 Å². The lowest BCUT2D eigenvalue weighted by Gasteiger charge is -2.10. The van der Waals surface area contributed by atoms with Crippen molar-refractivity contribution in [1.29, 1.82) is 0 Å². The van der Waals surface area contributed by atoms with Gasteiger partial charge in [-0.15, -0.1) is 10.2 Å². The molecular formula is C21H17ClFN3OS. The summed E-state index contributed by atoms with van der Waals surface area (Å²) in [7, 11) is 0. The van der Waals surface area contributed by atoms with Gasteiger partial charge in [-0.25, -0.2) is 4.39 Å². The quantitative estimate of drug-likeness (QED) is 0.365. The first-order valence-electron chi connectivity index (χ1n) is 8.70. The summed E-state index contributed by atoms with van der Waals surface area (Å²) in [5.74, 6) is 1.56. The number of hydrogen-bond acceptors (Lipinski definition) is 4. The van der Waals surface area contributed by atoms with Crippen LogP contribution >= 0.6 is 23.4 Å². The fourth-order valence-corrected chi connectivity index (χ4v) is 4.18. The molecule has 0 aliphatic rings. The third-order valence-electron chi connectivity index (χ3n) is 4.29. The molecule has 0 saturated heterocycles. The smallest absolute Gasteiger partial charge is 0.192 e. The van der Waals surface area contributed by atoms with Crippen LogP contribution in [0.1, 0.15) is 16.9 Å². The SMILES string of the molecule is Cc1cccc(-c2nnc(SCc3c(F)cccc3Cl)n2Cc2ccco2)c1. The van der Waals surface area contributed by atoms with Crippen LogP contribution < -0.4 is 0 Å². The van der Waals surface area contributed by atoms with E-state index in [2.05, 4.69) is 16.3 Å². The Kier molecular flexibility index (Phi) is 5.50. The highest BCUT2D eigenvalue weighted by molar-refractivity contribution is 7.98. The average Bonchev–Trinajstić information content (AvgIpc) is 3.32. The molecule has 0 bridgehead atoms. The largest absolute Gasteiger partial charge is 0.467 e. The lowest BCUT2D eigenvalue weighted by atomic mass is 10.1. The zero-order valence-electron chi connectivity index (χ0n) is 15.1. The summed E-state index contributed by atoms with van der Waals surface area (Å²) < 4.78 is 21.6. The van der Waals surface area contributed by atoms with Crippen LogP contribution in [0.5, 0.6) is 0 Å². The zero-order valence-corrected chi connectivity index (χ0v) is 16.7. The van der Waals surface area contributed by atoms with Crippen LogP contribution in [0.2, 0.25) is 5.02 Å². The molecule has 0 radical (unpaired) electrons. The van der Waals surface area contributed by atoms with Gasteiger partial charge in [0.15, 0.2) is 11.0 Å². The molecule has 2 aromatic heterocycles. The topological polar surface area (TPSA) is 43.9 Å². The first kappa shape index (κ1) is 18.8. The number of nitrogens with zero attached hydrogens (tertiary/aromatic N) is 3. The molecule has 0 saturated carbocycles. The van der Waals surface area contributed by atoms with Gasteiger partial charge in [0.25, 0.3) is 0 Å². The molecule has 7 heteroatoms. The van der Waals surface area contributed by atoms with Crippen molar-refractivity contribution in [3.63, 3.8) is 0 Å². The van der Waals surface area contributed by atoms with Gasteiger partial charge in [0.1, 0.15) is 11.6 Å². The zero-order chi connectivity index (χ0) is 19.5. The number of thioether (sulfide) groups is 1. The highest BCUT2D eigenvalue weighted by Gasteiger charge is 2.17. The molecule has 0 N–H and O–H groups in total. The third-order valence-corrected chi connectivity index (χ3v) is 5.64. The standard InChI is InChI=1S/C21H17ClFN3OS/c1-14-5-2-6-15(11-14)20-24-25-21(26(20)12-16-7-4-10-27-16)28-13-17-18(22)8-3-9-19(17)23/h2-11H,12-13H2,1H3. The fourth-order valence-electron chi connectivity index (χ4n) is 2.90. The molecule has 142 valence electrons. The van der Waals surface area contributed by atoms with E-state index >= 15 is 0 Å². The Bertz CT molecular complexity index is 1070. The second-order valence-electron chi connectivity index (χ2n) is 6.33. The first-order valence-corrected chi connectivity index (χ1v) is 10.1. The molecule has 0 aliphatic carbocycles. The Balaban J connectivity index is 1.68. The number of furan rings is 1. The summed E-state index contributed by atoms with van der Waals surface area (Å²) in [5.41, 5.74) is 2.56. The van der Waals surface area contributed by atoms with E-state index in [-0.39, 0.29) is 5.82 Å². The van der Waals surface area contributed by atoms with Crippen LogP contribution in [0, 0.1) is 12.7 Å². The highest BCUT2D eigenvalue weighted by Crippen LogP contribution is 2.30. The average molecular weight is 414 g/mol. The monoisotopic (exact) mass is 413 g/mol. The van der Waals surface area contributed by atoms with Crippen molar-refractivity contribution < 1.29 is 8.81 Å².